The van der Waals surface area contributed by atoms with Gasteiger partial charge in [-0.05, 0) is 0 Å². The summed E-state index contributed by atoms with van der Waals surface area (Å²) in [5.74, 6) is 1.07. The summed E-state index contributed by atoms with van der Waals surface area (Å²) in [4.78, 5) is 28.6. The van der Waals surface area contributed by atoms with Crippen LogP contribution in [0.3, 0.4) is 0 Å². The van der Waals surface area contributed by atoms with Crippen LogP contribution >= 0.6 is 0 Å². The lowest BCUT2D eigenvalue weighted by atomic mass is 10.2. The predicted octanol–water partition coefficient (Wildman–Crippen LogP) is 0.0913. The number of hydrogen-bond donors (Lipinski definition) is 1. The van der Waals surface area contributed by atoms with Crippen LogP contribution in [0.2, 0.25) is 0 Å². The van der Waals surface area contributed by atoms with Crippen LogP contribution in [0.5, 0.6) is 0 Å². The lowest BCUT2D eigenvalue weighted by Gasteiger charge is -1.99. The van der Waals surface area contributed by atoms with Crippen molar-refractivity contribution in [2.75, 3.05) is 0 Å². The van der Waals surface area contributed by atoms with Crippen LogP contribution in [-0.2, 0) is 6.54 Å². The molecule has 0 radical (unpaired) electrons. The lowest BCUT2D eigenvalue weighted by molar-refractivity contribution is 0.359. The summed E-state index contributed by atoms with van der Waals surface area (Å²) in [5.41, 5.74) is -0.921. The van der Waals surface area contributed by atoms with Crippen molar-refractivity contribution < 1.29 is 4.52 Å². The largest absolute Gasteiger partial charge is 0.339 e. The Morgan fingerprint density at radius 2 is 2.24 bits per heavy atom. The zero-order valence-electron chi connectivity index (χ0n) is 9.51. The fourth-order valence-electron chi connectivity index (χ4n) is 1.29. The molecular formula is C10H12N4O3. The number of nitrogens with one attached hydrogen (secondary N) is 1. The second-order valence-corrected chi connectivity index (χ2v) is 3.94. The van der Waals surface area contributed by atoms with Gasteiger partial charge in [-0.2, -0.15) is 4.98 Å². The summed E-state index contributed by atoms with van der Waals surface area (Å²) < 4.78 is 6.32. The van der Waals surface area contributed by atoms with E-state index in [0.717, 1.165) is 0 Å². The van der Waals surface area contributed by atoms with E-state index in [2.05, 4.69) is 15.1 Å². The third kappa shape index (κ3) is 2.49. The van der Waals surface area contributed by atoms with Gasteiger partial charge in [0.05, 0.1) is 6.54 Å². The van der Waals surface area contributed by atoms with Gasteiger partial charge in [-0.25, -0.2) is 4.79 Å². The Morgan fingerprint density at radius 3 is 2.82 bits per heavy atom. The minimum Gasteiger partial charge on any atom is -0.339 e. The van der Waals surface area contributed by atoms with Gasteiger partial charge < -0.3 is 4.52 Å². The second kappa shape index (κ2) is 4.36. The molecule has 0 aromatic carbocycles. The van der Waals surface area contributed by atoms with Gasteiger partial charge in [-0.1, -0.05) is 19.0 Å². The quantitative estimate of drug-likeness (QED) is 0.815. The average molecular weight is 236 g/mol. The molecule has 0 aliphatic rings. The fraction of sp³-hybridized carbons (Fsp3) is 0.400. The normalized spacial score (nSPS) is 11.0. The maximum Gasteiger partial charge on any atom is 0.328 e. The maximum absolute atomic E-state index is 11.4. The molecule has 0 amide bonds. The van der Waals surface area contributed by atoms with Crippen LogP contribution in [0.25, 0.3) is 0 Å². The standard InChI is InChI=1S/C10H12N4O3/c1-6(2)9-11-7(13-17-9)5-14-4-3-8(15)12-10(14)16/h3-4,6H,5H2,1-2H3,(H,12,15,16). The zero-order chi connectivity index (χ0) is 12.4. The highest BCUT2D eigenvalue weighted by atomic mass is 16.5. The third-order valence-corrected chi connectivity index (χ3v) is 2.19. The fourth-order valence-corrected chi connectivity index (χ4v) is 1.29. The molecule has 0 fully saturated rings. The van der Waals surface area contributed by atoms with Crippen molar-refractivity contribution in [2.24, 2.45) is 0 Å². The number of nitrogens with zero attached hydrogens (tertiary/aromatic N) is 3. The molecule has 0 unspecified atom stereocenters. The molecule has 2 aromatic rings. The first-order chi connectivity index (χ1) is 8.06. The van der Waals surface area contributed by atoms with Gasteiger partial charge in [0.25, 0.3) is 5.56 Å². The van der Waals surface area contributed by atoms with Crippen molar-refractivity contribution in [1.29, 1.82) is 0 Å². The molecule has 1 N–H and O–H groups in total. The van der Waals surface area contributed by atoms with Gasteiger partial charge in [-0.15, -0.1) is 0 Å². The van der Waals surface area contributed by atoms with Crippen LogP contribution in [0.1, 0.15) is 31.5 Å². The van der Waals surface area contributed by atoms with Crippen LogP contribution in [0.15, 0.2) is 26.4 Å². The Morgan fingerprint density at radius 1 is 1.47 bits per heavy atom. The summed E-state index contributed by atoms with van der Waals surface area (Å²) in [6.07, 6.45) is 1.40. The van der Waals surface area contributed by atoms with Gasteiger partial charge >= 0.3 is 5.69 Å². The monoisotopic (exact) mass is 236 g/mol. The van der Waals surface area contributed by atoms with E-state index in [0.29, 0.717) is 11.7 Å². The van der Waals surface area contributed by atoms with E-state index in [9.17, 15) is 9.59 Å². The predicted molar refractivity (Wildman–Crippen MR) is 58.8 cm³/mol. The van der Waals surface area contributed by atoms with Crippen LogP contribution in [0, 0.1) is 0 Å². The number of aromatic amines is 1. The van der Waals surface area contributed by atoms with Crippen molar-refractivity contribution in [1.82, 2.24) is 19.7 Å². The molecule has 0 spiro atoms. The molecule has 7 nitrogen and oxygen atoms in total. The molecule has 0 bridgehead atoms. The molecule has 17 heavy (non-hydrogen) atoms. The van der Waals surface area contributed by atoms with Crippen molar-refractivity contribution in [3.63, 3.8) is 0 Å². The maximum atomic E-state index is 11.4. The summed E-state index contributed by atoms with van der Waals surface area (Å²) in [6.45, 7) is 4.04. The highest BCUT2D eigenvalue weighted by Gasteiger charge is 2.10. The summed E-state index contributed by atoms with van der Waals surface area (Å²) in [7, 11) is 0. The minimum absolute atomic E-state index is 0.142. The SMILES string of the molecule is CC(C)c1nc(Cn2ccc(=O)[nH]c2=O)no1. The van der Waals surface area contributed by atoms with E-state index in [-0.39, 0.29) is 12.5 Å². The van der Waals surface area contributed by atoms with Gasteiger partial charge in [-0.3, -0.25) is 14.3 Å². The smallest absolute Gasteiger partial charge is 0.328 e. The lowest BCUT2D eigenvalue weighted by Crippen LogP contribution is -2.29. The molecule has 0 saturated heterocycles. The van der Waals surface area contributed by atoms with Gasteiger partial charge in [0.1, 0.15) is 0 Å². The molecule has 90 valence electrons. The van der Waals surface area contributed by atoms with Crippen LogP contribution < -0.4 is 11.2 Å². The first kappa shape index (κ1) is 11.3. The number of hydrogen-bond acceptors (Lipinski definition) is 5. The van der Waals surface area contributed by atoms with Gasteiger partial charge in [0.15, 0.2) is 5.82 Å². The molecule has 7 heteroatoms. The van der Waals surface area contributed by atoms with Gasteiger partial charge in [0, 0.05) is 18.2 Å². The molecular weight excluding hydrogens is 224 g/mol. The molecule has 0 atom stereocenters. The van der Waals surface area contributed by atoms with Crippen LogP contribution in [0.4, 0.5) is 0 Å². The van der Waals surface area contributed by atoms with Gasteiger partial charge in [0.2, 0.25) is 5.89 Å². The number of aromatic nitrogens is 4. The Kier molecular flexibility index (Phi) is 2.90. The Labute approximate surface area is 96.1 Å². The van der Waals surface area contributed by atoms with E-state index < -0.39 is 11.2 Å². The van der Waals surface area contributed by atoms with Crippen LogP contribution in [-0.4, -0.2) is 19.7 Å². The highest BCUT2D eigenvalue weighted by Crippen LogP contribution is 2.10. The minimum atomic E-state index is -0.492. The van der Waals surface area contributed by atoms with E-state index in [1.165, 1.54) is 16.8 Å². The first-order valence-electron chi connectivity index (χ1n) is 5.18. The molecule has 0 aliphatic carbocycles. The topological polar surface area (TPSA) is 93.8 Å². The average Bonchev–Trinajstić information content (AvgIpc) is 2.71. The Bertz CT molecular complexity index is 623. The number of rotatable bonds is 3. The second-order valence-electron chi connectivity index (χ2n) is 3.94. The van der Waals surface area contributed by atoms with E-state index in [1.54, 1.807) is 0 Å². The summed E-state index contributed by atoms with van der Waals surface area (Å²) >= 11 is 0. The Hall–Kier alpha value is -2.18. The summed E-state index contributed by atoms with van der Waals surface area (Å²) in [6, 6.07) is 1.27. The van der Waals surface area contributed by atoms with E-state index >= 15 is 0 Å². The summed E-state index contributed by atoms with van der Waals surface area (Å²) in [5, 5.41) is 3.76. The van der Waals surface area contributed by atoms with Crippen molar-refractivity contribution >= 4 is 0 Å². The van der Waals surface area contributed by atoms with Crippen molar-refractivity contribution in [2.45, 2.75) is 26.3 Å². The zero-order valence-corrected chi connectivity index (χ0v) is 9.51. The first-order valence-corrected chi connectivity index (χ1v) is 5.18. The molecule has 0 aliphatic heterocycles. The van der Waals surface area contributed by atoms with E-state index in [4.69, 9.17) is 4.52 Å². The van der Waals surface area contributed by atoms with E-state index in [1.807, 2.05) is 13.8 Å². The third-order valence-electron chi connectivity index (χ3n) is 2.19. The molecule has 2 aromatic heterocycles. The highest BCUT2D eigenvalue weighted by molar-refractivity contribution is 4.93. The Balaban J connectivity index is 2.25. The molecule has 2 rings (SSSR count). The van der Waals surface area contributed by atoms with Crippen molar-refractivity contribution in [3.8, 4) is 0 Å². The molecule has 0 saturated carbocycles. The molecule has 2 heterocycles. The van der Waals surface area contributed by atoms with Crippen molar-refractivity contribution in [3.05, 3.63) is 44.8 Å². The number of H-pyrrole nitrogens is 1.